The third-order valence-corrected chi connectivity index (χ3v) is 9.79. The van der Waals surface area contributed by atoms with E-state index in [1.807, 2.05) is 43.5 Å². The van der Waals surface area contributed by atoms with Crippen LogP contribution in [0.2, 0.25) is 0 Å². The number of benzene rings is 1. The van der Waals surface area contributed by atoms with E-state index in [9.17, 15) is 5.11 Å². The summed E-state index contributed by atoms with van der Waals surface area (Å²) in [7, 11) is 1.67. The Hall–Kier alpha value is -3.03. The van der Waals surface area contributed by atoms with Crippen LogP contribution in [-0.4, -0.2) is 56.4 Å². The average molecular weight is 500 g/mol. The van der Waals surface area contributed by atoms with Gasteiger partial charge in [-0.3, -0.25) is 4.98 Å². The zero-order chi connectivity index (χ0) is 25.4. The van der Waals surface area contributed by atoms with E-state index in [0.717, 1.165) is 70.6 Å². The van der Waals surface area contributed by atoms with Crippen LogP contribution in [0, 0.1) is 11.8 Å². The predicted octanol–water partition coefficient (Wildman–Crippen LogP) is 4.71. The highest BCUT2D eigenvalue weighted by molar-refractivity contribution is 5.84. The van der Waals surface area contributed by atoms with E-state index in [1.54, 1.807) is 7.11 Å². The summed E-state index contributed by atoms with van der Waals surface area (Å²) in [6.07, 6.45) is 7.84. The number of hydrogen-bond donors (Lipinski definition) is 1. The summed E-state index contributed by atoms with van der Waals surface area (Å²) >= 11 is 0. The molecule has 0 radical (unpaired) electrons. The molecule has 6 unspecified atom stereocenters. The maximum Gasteiger partial charge on any atom is 0.217 e. The molecule has 2 aliphatic heterocycles. The summed E-state index contributed by atoms with van der Waals surface area (Å²) in [4.78, 5) is 14.3. The standard InChI is InChI=1S/C30H35N4O3/c1-4-23-24-16-26(28(35)21-10-12-31-25-9-8-20(36-3)15-22(21)25)34(13-11-30(23,24)34)17-19-14-27(37-5-2)33-29(32-19)18-6-7-18/h4,8-10,12,14-15,18,23-24,26,28,35H,1,5-7,11,13,16-17H2,2-3H3/q+1. The van der Waals surface area contributed by atoms with Gasteiger partial charge in [0.05, 0.1) is 32.2 Å². The SMILES string of the molecule is C=CC1C2CC(C(O)c3ccnc4ccc(OC)cc34)[N+]3(Cc4cc(OCC)nc(C5CC5)n4)CCC123. The first-order valence-corrected chi connectivity index (χ1v) is 13.7. The normalized spacial score (nSPS) is 32.2. The van der Waals surface area contributed by atoms with Gasteiger partial charge in [-0.1, -0.05) is 6.08 Å². The Morgan fingerprint density at radius 3 is 2.81 bits per heavy atom. The number of quaternary nitrogens is 1. The number of piperidine rings is 1. The lowest BCUT2D eigenvalue weighted by Crippen LogP contribution is -2.70. The summed E-state index contributed by atoms with van der Waals surface area (Å²) in [5, 5.41) is 13.0. The Morgan fingerprint density at radius 2 is 2.11 bits per heavy atom. The molecule has 7 heteroatoms. The third kappa shape index (κ3) is 3.23. The van der Waals surface area contributed by atoms with E-state index in [4.69, 9.17) is 19.4 Å². The molecule has 6 atom stereocenters. The summed E-state index contributed by atoms with van der Waals surface area (Å²) in [6, 6.07) is 9.99. The molecule has 2 saturated carbocycles. The fourth-order valence-electron chi connectivity index (χ4n) is 7.92. The van der Waals surface area contributed by atoms with Gasteiger partial charge >= 0.3 is 0 Å². The third-order valence-electron chi connectivity index (χ3n) is 9.79. The summed E-state index contributed by atoms with van der Waals surface area (Å²) < 4.78 is 12.2. The zero-order valence-electron chi connectivity index (χ0n) is 21.6. The van der Waals surface area contributed by atoms with Crippen LogP contribution >= 0.6 is 0 Å². The van der Waals surface area contributed by atoms with Gasteiger partial charge in [0.25, 0.3) is 0 Å². The second-order valence-electron chi connectivity index (χ2n) is 11.3. The highest BCUT2D eigenvalue weighted by atomic mass is 16.5. The van der Waals surface area contributed by atoms with Crippen LogP contribution in [0.15, 0.2) is 49.2 Å². The van der Waals surface area contributed by atoms with E-state index in [-0.39, 0.29) is 11.6 Å². The molecule has 0 bridgehead atoms. The average Bonchev–Trinajstić information content (AvgIpc) is 3.83. The van der Waals surface area contributed by atoms with Crippen LogP contribution in [0.4, 0.5) is 0 Å². The van der Waals surface area contributed by atoms with Gasteiger partial charge in [0.1, 0.15) is 41.5 Å². The molecule has 7 rings (SSSR count). The predicted molar refractivity (Wildman–Crippen MR) is 140 cm³/mol. The smallest absolute Gasteiger partial charge is 0.217 e. The molecule has 7 nitrogen and oxygen atoms in total. The van der Waals surface area contributed by atoms with Crippen molar-refractivity contribution in [3.63, 3.8) is 0 Å². The largest absolute Gasteiger partial charge is 0.497 e. The number of fused-ring (bicyclic) bond motifs is 1. The van der Waals surface area contributed by atoms with E-state index in [2.05, 4.69) is 17.6 Å². The fraction of sp³-hybridized carbons (Fsp3) is 0.500. The lowest BCUT2D eigenvalue weighted by atomic mass is 9.86. The molecule has 4 aliphatic rings. The van der Waals surface area contributed by atoms with Crippen LogP contribution in [0.5, 0.6) is 11.6 Å². The molecule has 4 heterocycles. The first-order valence-electron chi connectivity index (χ1n) is 13.7. The molecule has 1 N–H and O–H groups in total. The van der Waals surface area contributed by atoms with Crippen LogP contribution < -0.4 is 9.47 Å². The van der Waals surface area contributed by atoms with Crippen molar-refractivity contribution in [2.24, 2.45) is 11.8 Å². The van der Waals surface area contributed by atoms with Crippen molar-refractivity contribution in [3.8, 4) is 11.6 Å². The van der Waals surface area contributed by atoms with Gasteiger partial charge in [0.2, 0.25) is 5.88 Å². The molecule has 2 aromatic heterocycles. The van der Waals surface area contributed by atoms with Crippen molar-refractivity contribution < 1.29 is 19.1 Å². The van der Waals surface area contributed by atoms with Crippen molar-refractivity contribution in [2.45, 2.75) is 62.8 Å². The van der Waals surface area contributed by atoms with Crippen molar-refractivity contribution in [3.05, 3.63) is 66.3 Å². The van der Waals surface area contributed by atoms with Gasteiger partial charge in [-0.25, -0.2) is 4.98 Å². The lowest BCUT2D eigenvalue weighted by molar-refractivity contribution is -1.03. The van der Waals surface area contributed by atoms with Crippen LogP contribution in [-0.2, 0) is 6.54 Å². The molecule has 37 heavy (non-hydrogen) atoms. The number of aromatic nitrogens is 3. The molecule has 1 aromatic carbocycles. The summed E-state index contributed by atoms with van der Waals surface area (Å²) in [6.45, 7) is 8.60. The maximum atomic E-state index is 12.1. The number of nitrogens with zero attached hydrogens (tertiary/aromatic N) is 4. The van der Waals surface area contributed by atoms with Crippen molar-refractivity contribution >= 4 is 10.9 Å². The number of ether oxygens (including phenoxy) is 2. The minimum absolute atomic E-state index is 0.0848. The van der Waals surface area contributed by atoms with Gasteiger partial charge in [-0.15, -0.1) is 6.58 Å². The van der Waals surface area contributed by atoms with E-state index in [0.29, 0.717) is 30.2 Å². The topological polar surface area (TPSA) is 77.4 Å². The number of hydrogen-bond acceptors (Lipinski definition) is 6. The number of pyridine rings is 1. The zero-order valence-corrected chi connectivity index (χ0v) is 21.6. The quantitative estimate of drug-likeness (QED) is 0.340. The monoisotopic (exact) mass is 499 g/mol. The van der Waals surface area contributed by atoms with E-state index in [1.165, 1.54) is 6.42 Å². The minimum Gasteiger partial charge on any atom is -0.497 e. The van der Waals surface area contributed by atoms with Gasteiger partial charge in [0, 0.05) is 41.8 Å². The second kappa shape index (κ2) is 8.23. The molecule has 3 aromatic rings. The van der Waals surface area contributed by atoms with Crippen LogP contribution in [0.3, 0.4) is 0 Å². The Labute approximate surface area is 217 Å². The molecule has 0 amide bonds. The van der Waals surface area contributed by atoms with Crippen molar-refractivity contribution in [1.29, 1.82) is 0 Å². The maximum absolute atomic E-state index is 12.1. The molecule has 2 aliphatic carbocycles. The molecular weight excluding hydrogens is 464 g/mol. The van der Waals surface area contributed by atoms with Crippen molar-refractivity contribution in [2.75, 3.05) is 20.3 Å². The minimum atomic E-state index is -0.607. The Bertz CT molecular complexity index is 1390. The Kier molecular flexibility index (Phi) is 5.14. The second-order valence-corrected chi connectivity index (χ2v) is 11.3. The number of aliphatic hydroxyl groups excluding tert-OH is 1. The lowest BCUT2D eigenvalue weighted by Gasteiger charge is -2.56. The van der Waals surface area contributed by atoms with Gasteiger partial charge < -0.3 is 19.1 Å². The van der Waals surface area contributed by atoms with Gasteiger partial charge in [0.15, 0.2) is 0 Å². The summed E-state index contributed by atoms with van der Waals surface area (Å²) in [5.41, 5.74) is 3.01. The Morgan fingerprint density at radius 1 is 1.24 bits per heavy atom. The van der Waals surface area contributed by atoms with E-state index >= 15 is 0 Å². The molecule has 192 valence electrons. The molecule has 1 spiro atoms. The number of rotatable bonds is 9. The highest BCUT2D eigenvalue weighted by Crippen LogP contribution is 2.75. The van der Waals surface area contributed by atoms with Gasteiger partial charge in [-0.05, 0) is 49.6 Å². The van der Waals surface area contributed by atoms with Crippen LogP contribution in [0.25, 0.3) is 10.9 Å². The highest BCUT2D eigenvalue weighted by Gasteiger charge is 2.86. The van der Waals surface area contributed by atoms with E-state index < -0.39 is 6.10 Å². The molecule has 2 saturated heterocycles. The van der Waals surface area contributed by atoms with Gasteiger partial charge in [-0.2, -0.15) is 4.98 Å². The fourth-order valence-corrected chi connectivity index (χ4v) is 7.92. The molecule has 4 fully saturated rings. The Balaban J connectivity index is 1.29. The first kappa shape index (κ1) is 23.1. The number of aliphatic hydroxyl groups is 1. The van der Waals surface area contributed by atoms with Crippen LogP contribution in [0.1, 0.15) is 61.7 Å². The summed E-state index contributed by atoms with van der Waals surface area (Å²) in [5.74, 6) is 3.91. The number of methoxy groups -OCH3 is 1. The molecular formula is C30H35N4O3+. The van der Waals surface area contributed by atoms with Crippen molar-refractivity contribution in [1.82, 2.24) is 15.0 Å². The first-order chi connectivity index (χ1) is 18.0.